The van der Waals surface area contributed by atoms with Gasteiger partial charge in [-0.2, -0.15) is 0 Å². The molecule has 11 heteroatoms. The van der Waals surface area contributed by atoms with E-state index in [0.29, 0.717) is 29.2 Å². The topological polar surface area (TPSA) is 133 Å². The van der Waals surface area contributed by atoms with Gasteiger partial charge in [0.1, 0.15) is 11.9 Å². The van der Waals surface area contributed by atoms with Crippen LogP contribution in [0, 0.1) is 5.92 Å². The second-order valence-electron chi connectivity index (χ2n) is 10.0. The highest BCUT2D eigenvalue weighted by Gasteiger charge is 2.35. The van der Waals surface area contributed by atoms with Gasteiger partial charge in [0.25, 0.3) is 11.8 Å². The van der Waals surface area contributed by atoms with Gasteiger partial charge >= 0.3 is 6.03 Å². The number of methoxy groups -OCH3 is 1. The van der Waals surface area contributed by atoms with E-state index in [4.69, 9.17) is 9.47 Å². The van der Waals surface area contributed by atoms with E-state index in [-0.39, 0.29) is 48.2 Å². The number of para-hydroxylation sites is 1. The molecular formula is C30H35N5O6. The third-order valence-electron chi connectivity index (χ3n) is 7.02. The minimum absolute atomic E-state index is 0.185. The Hall–Kier alpha value is -4.64. The van der Waals surface area contributed by atoms with E-state index in [1.165, 1.54) is 17.3 Å². The fourth-order valence-corrected chi connectivity index (χ4v) is 4.50. The Kier molecular flexibility index (Phi) is 9.41. The number of carbonyl (C=O) groups is 3. The number of fused-ring (bicyclic) bond motifs is 1. The number of anilines is 2. The van der Waals surface area contributed by atoms with Gasteiger partial charge in [-0.1, -0.05) is 13.0 Å². The summed E-state index contributed by atoms with van der Waals surface area (Å²) in [5, 5.41) is 15.6. The summed E-state index contributed by atoms with van der Waals surface area (Å²) in [7, 11) is 3.23. The third kappa shape index (κ3) is 6.93. The van der Waals surface area contributed by atoms with E-state index in [2.05, 4.69) is 15.6 Å². The number of nitrogens with one attached hydrogen (secondary N) is 2. The molecule has 4 amide bonds. The summed E-state index contributed by atoms with van der Waals surface area (Å²) in [6.07, 6.45) is 2.48. The standard InChI is InChI=1S/C30H35N5O6/c1-19-16-35(20(2)18-36)29(38)24-6-5-7-25(33-28(37)21-12-14-31-15-13-21)27(24)41-26(19)17-34(3)30(39)32-22-8-10-23(40-4)11-9-22/h5-15,19-20,26,36H,16-18H2,1-4H3,(H,32,39)(H,33,37)/t19-,20+,26+/m1/s1. The number of nitrogens with zero attached hydrogens (tertiary/aromatic N) is 3. The van der Waals surface area contributed by atoms with Crippen LogP contribution in [-0.2, 0) is 0 Å². The van der Waals surface area contributed by atoms with Crippen LogP contribution in [0.15, 0.2) is 67.0 Å². The summed E-state index contributed by atoms with van der Waals surface area (Å²) < 4.78 is 11.6. The van der Waals surface area contributed by atoms with Crippen LogP contribution in [-0.4, -0.2) is 83.7 Å². The number of rotatable bonds is 8. The first-order valence-corrected chi connectivity index (χ1v) is 13.3. The molecule has 1 aliphatic heterocycles. The number of amides is 4. The Morgan fingerprint density at radius 2 is 1.85 bits per heavy atom. The van der Waals surface area contributed by atoms with E-state index in [0.717, 1.165) is 0 Å². The number of carbonyl (C=O) groups excluding carboxylic acids is 3. The number of aliphatic hydroxyl groups is 1. The number of likely N-dealkylation sites (N-methyl/N-ethyl adjacent to an activating group) is 1. The number of ether oxygens (including phenoxy) is 2. The highest BCUT2D eigenvalue weighted by Crippen LogP contribution is 2.35. The van der Waals surface area contributed by atoms with Crippen LogP contribution >= 0.6 is 0 Å². The van der Waals surface area contributed by atoms with E-state index >= 15 is 0 Å². The Balaban J connectivity index is 1.62. The number of aromatic nitrogens is 1. The largest absolute Gasteiger partial charge is 0.497 e. The summed E-state index contributed by atoms with van der Waals surface area (Å²) in [5.41, 5.74) is 1.57. The second kappa shape index (κ2) is 13.1. The first-order valence-electron chi connectivity index (χ1n) is 13.3. The first kappa shape index (κ1) is 29.3. The molecule has 41 heavy (non-hydrogen) atoms. The Labute approximate surface area is 239 Å². The number of urea groups is 1. The van der Waals surface area contributed by atoms with Gasteiger partial charge in [0, 0.05) is 43.2 Å². The van der Waals surface area contributed by atoms with E-state index in [9.17, 15) is 19.5 Å². The number of benzene rings is 2. The van der Waals surface area contributed by atoms with Gasteiger partial charge in [-0.25, -0.2) is 4.79 Å². The minimum atomic E-state index is -0.555. The van der Waals surface area contributed by atoms with E-state index in [1.807, 2.05) is 6.92 Å². The molecule has 1 aliphatic rings. The molecule has 3 aromatic rings. The van der Waals surface area contributed by atoms with Gasteiger partial charge in [0.05, 0.1) is 37.6 Å². The predicted molar refractivity (Wildman–Crippen MR) is 154 cm³/mol. The number of hydrogen-bond donors (Lipinski definition) is 3. The summed E-state index contributed by atoms with van der Waals surface area (Å²) in [4.78, 5) is 46.8. The van der Waals surface area contributed by atoms with Gasteiger partial charge in [0.2, 0.25) is 0 Å². The molecule has 0 bridgehead atoms. The molecule has 0 spiro atoms. The van der Waals surface area contributed by atoms with Crippen molar-refractivity contribution in [2.75, 3.05) is 44.5 Å². The van der Waals surface area contributed by atoms with Gasteiger partial charge < -0.3 is 35.0 Å². The molecule has 11 nitrogen and oxygen atoms in total. The Morgan fingerprint density at radius 3 is 2.51 bits per heavy atom. The molecule has 4 rings (SSSR count). The lowest BCUT2D eigenvalue weighted by molar-refractivity contribution is 0.0372. The lowest BCUT2D eigenvalue weighted by Gasteiger charge is -2.38. The fourth-order valence-electron chi connectivity index (χ4n) is 4.50. The first-order chi connectivity index (χ1) is 19.7. The minimum Gasteiger partial charge on any atom is -0.497 e. The quantitative estimate of drug-likeness (QED) is 0.382. The van der Waals surface area contributed by atoms with Crippen LogP contribution in [0.25, 0.3) is 0 Å². The third-order valence-corrected chi connectivity index (χ3v) is 7.02. The summed E-state index contributed by atoms with van der Waals surface area (Å²) in [5.74, 6) is -0.0656. The lowest BCUT2D eigenvalue weighted by Crippen LogP contribution is -2.50. The molecule has 3 N–H and O–H groups in total. The molecule has 0 aliphatic carbocycles. The zero-order chi connectivity index (χ0) is 29.5. The van der Waals surface area contributed by atoms with Crippen molar-refractivity contribution in [2.45, 2.75) is 26.0 Å². The van der Waals surface area contributed by atoms with Crippen molar-refractivity contribution in [3.63, 3.8) is 0 Å². The molecule has 216 valence electrons. The average molecular weight is 562 g/mol. The fraction of sp³-hybridized carbons (Fsp3) is 0.333. The Bertz CT molecular complexity index is 1370. The van der Waals surface area contributed by atoms with Crippen molar-refractivity contribution in [3.05, 3.63) is 78.1 Å². The molecule has 2 aromatic carbocycles. The van der Waals surface area contributed by atoms with Gasteiger partial charge in [-0.05, 0) is 55.5 Å². The van der Waals surface area contributed by atoms with Crippen molar-refractivity contribution >= 4 is 29.2 Å². The Morgan fingerprint density at radius 1 is 1.15 bits per heavy atom. The molecule has 0 saturated carbocycles. The van der Waals surface area contributed by atoms with Crippen LogP contribution in [0.3, 0.4) is 0 Å². The maximum absolute atomic E-state index is 13.7. The zero-order valence-corrected chi connectivity index (χ0v) is 23.5. The van der Waals surface area contributed by atoms with Crippen molar-refractivity contribution in [1.82, 2.24) is 14.8 Å². The molecule has 0 fully saturated rings. The maximum atomic E-state index is 13.7. The van der Waals surface area contributed by atoms with Gasteiger partial charge in [-0.3, -0.25) is 14.6 Å². The van der Waals surface area contributed by atoms with Crippen LogP contribution < -0.4 is 20.1 Å². The summed E-state index contributed by atoms with van der Waals surface area (Å²) in [6, 6.07) is 14.3. The van der Waals surface area contributed by atoms with Crippen LogP contribution in [0.2, 0.25) is 0 Å². The van der Waals surface area contributed by atoms with Gasteiger partial charge in [-0.15, -0.1) is 0 Å². The van der Waals surface area contributed by atoms with E-state index < -0.39 is 12.1 Å². The highest BCUT2D eigenvalue weighted by atomic mass is 16.5. The van der Waals surface area contributed by atoms with E-state index in [1.54, 1.807) is 80.6 Å². The van der Waals surface area contributed by atoms with Crippen LogP contribution in [0.5, 0.6) is 11.5 Å². The molecule has 0 unspecified atom stereocenters. The van der Waals surface area contributed by atoms with Crippen molar-refractivity contribution < 1.29 is 29.0 Å². The SMILES string of the molecule is COc1ccc(NC(=O)N(C)C[C@@H]2Oc3c(NC(=O)c4ccncc4)cccc3C(=O)N([C@@H](C)CO)C[C@H]2C)cc1. The lowest BCUT2D eigenvalue weighted by atomic mass is 9.99. The number of pyridine rings is 1. The summed E-state index contributed by atoms with van der Waals surface area (Å²) in [6.45, 7) is 3.96. The van der Waals surface area contributed by atoms with Gasteiger partial charge in [0.15, 0.2) is 5.75 Å². The highest BCUT2D eigenvalue weighted by molar-refractivity contribution is 6.07. The maximum Gasteiger partial charge on any atom is 0.321 e. The molecule has 0 radical (unpaired) electrons. The number of aliphatic hydroxyl groups excluding tert-OH is 1. The van der Waals surface area contributed by atoms with Crippen molar-refractivity contribution in [3.8, 4) is 11.5 Å². The van der Waals surface area contributed by atoms with Crippen molar-refractivity contribution in [2.24, 2.45) is 5.92 Å². The molecular weight excluding hydrogens is 526 g/mol. The second-order valence-corrected chi connectivity index (χ2v) is 10.0. The molecule has 1 aromatic heterocycles. The molecule has 3 atom stereocenters. The molecule has 0 saturated heterocycles. The van der Waals surface area contributed by atoms with Crippen LogP contribution in [0.1, 0.15) is 34.6 Å². The predicted octanol–water partition coefficient (Wildman–Crippen LogP) is 3.73. The number of hydrogen-bond acceptors (Lipinski definition) is 7. The average Bonchev–Trinajstić information content (AvgIpc) is 2.99. The monoisotopic (exact) mass is 561 g/mol. The smallest absolute Gasteiger partial charge is 0.321 e. The molecule has 2 heterocycles. The normalized spacial score (nSPS) is 17.3. The van der Waals surface area contributed by atoms with Crippen LogP contribution in [0.4, 0.5) is 16.2 Å². The zero-order valence-electron chi connectivity index (χ0n) is 23.5. The summed E-state index contributed by atoms with van der Waals surface area (Å²) >= 11 is 0. The van der Waals surface area contributed by atoms with Crippen molar-refractivity contribution in [1.29, 1.82) is 0 Å².